The van der Waals surface area contributed by atoms with E-state index >= 15 is 0 Å². The molecule has 1 fully saturated rings. The van der Waals surface area contributed by atoms with Crippen LogP contribution in [0, 0.1) is 6.92 Å². The number of hydrogen-bond donors (Lipinski definition) is 1. The monoisotopic (exact) mass is 432 g/mol. The number of nitrogens with zero attached hydrogens (tertiary/aromatic N) is 1. The summed E-state index contributed by atoms with van der Waals surface area (Å²) >= 11 is 1.49. The zero-order valence-electron chi connectivity index (χ0n) is 16.9. The van der Waals surface area contributed by atoms with Crippen molar-refractivity contribution in [2.45, 2.75) is 54.6 Å². The fraction of sp³-hybridized carbons (Fsp3) is 0.409. The van der Waals surface area contributed by atoms with Gasteiger partial charge in [0.15, 0.2) is 0 Å². The Morgan fingerprint density at radius 2 is 1.55 bits per heavy atom. The standard InChI is InChI=1S/C22H28N2O3S2/c1-17-7-11-20(12-8-17)28-18(2)22(25)23-19-9-13-21(14-10-19)29(26,27)24-15-5-3-4-6-16-24/h7-14,18H,3-6,15-16H2,1-2H3,(H,23,25)/t18-/m1/s1. The molecule has 7 heteroatoms. The van der Waals surface area contributed by atoms with Crippen LogP contribution >= 0.6 is 11.8 Å². The molecule has 0 aliphatic carbocycles. The van der Waals surface area contributed by atoms with E-state index in [1.807, 2.05) is 38.1 Å². The van der Waals surface area contributed by atoms with Crippen molar-refractivity contribution in [2.24, 2.45) is 0 Å². The number of hydrogen-bond acceptors (Lipinski definition) is 4. The maximum absolute atomic E-state index is 12.8. The van der Waals surface area contributed by atoms with E-state index in [9.17, 15) is 13.2 Å². The second-order valence-corrected chi connectivity index (χ2v) is 10.8. The SMILES string of the molecule is Cc1ccc(S[C@H](C)C(=O)Nc2ccc(S(=O)(=O)N3CCCCCC3)cc2)cc1. The van der Waals surface area contributed by atoms with Crippen molar-refractivity contribution < 1.29 is 13.2 Å². The summed E-state index contributed by atoms with van der Waals surface area (Å²) in [5.74, 6) is -0.112. The second-order valence-electron chi connectivity index (χ2n) is 7.41. The van der Waals surface area contributed by atoms with Gasteiger partial charge in [-0.3, -0.25) is 4.79 Å². The first kappa shape index (κ1) is 21.9. The van der Waals surface area contributed by atoms with Gasteiger partial charge >= 0.3 is 0 Å². The second kappa shape index (κ2) is 9.78. The van der Waals surface area contributed by atoms with E-state index in [4.69, 9.17) is 0 Å². The topological polar surface area (TPSA) is 66.5 Å². The number of thioether (sulfide) groups is 1. The van der Waals surface area contributed by atoms with Crippen molar-refractivity contribution in [2.75, 3.05) is 18.4 Å². The van der Waals surface area contributed by atoms with Crippen molar-refractivity contribution in [3.8, 4) is 0 Å². The smallest absolute Gasteiger partial charge is 0.243 e. The molecule has 0 spiro atoms. The van der Waals surface area contributed by atoms with Crippen LogP contribution in [0.3, 0.4) is 0 Å². The first-order chi connectivity index (χ1) is 13.9. The third kappa shape index (κ3) is 5.84. The van der Waals surface area contributed by atoms with Crippen molar-refractivity contribution in [3.63, 3.8) is 0 Å². The number of sulfonamides is 1. The minimum absolute atomic E-state index is 0.112. The quantitative estimate of drug-likeness (QED) is 0.673. The number of rotatable bonds is 6. The predicted molar refractivity (Wildman–Crippen MR) is 119 cm³/mol. The summed E-state index contributed by atoms with van der Waals surface area (Å²) in [6.45, 7) is 5.04. The largest absolute Gasteiger partial charge is 0.325 e. The predicted octanol–water partition coefficient (Wildman–Crippen LogP) is 4.68. The lowest BCUT2D eigenvalue weighted by Crippen LogP contribution is -2.31. The average Bonchev–Trinajstić information content (AvgIpc) is 3.00. The number of carbonyl (C=O) groups excluding carboxylic acids is 1. The van der Waals surface area contributed by atoms with Crippen LogP contribution in [0.2, 0.25) is 0 Å². The molecule has 0 radical (unpaired) electrons. The normalized spacial score (nSPS) is 16.8. The van der Waals surface area contributed by atoms with Crippen LogP contribution in [0.5, 0.6) is 0 Å². The van der Waals surface area contributed by atoms with Crippen molar-refractivity contribution in [1.82, 2.24) is 4.31 Å². The van der Waals surface area contributed by atoms with Crippen molar-refractivity contribution in [3.05, 3.63) is 54.1 Å². The molecule has 1 heterocycles. The van der Waals surface area contributed by atoms with E-state index in [0.717, 1.165) is 30.6 Å². The molecule has 3 rings (SSSR count). The Morgan fingerprint density at radius 1 is 0.966 bits per heavy atom. The molecule has 1 atom stereocenters. The zero-order chi connectivity index (χ0) is 20.9. The lowest BCUT2D eigenvalue weighted by Gasteiger charge is -2.20. The Hall–Kier alpha value is -1.83. The van der Waals surface area contributed by atoms with Crippen LogP contribution in [-0.2, 0) is 14.8 Å². The molecule has 156 valence electrons. The maximum atomic E-state index is 12.8. The molecule has 0 bridgehead atoms. The van der Waals surface area contributed by atoms with Gasteiger partial charge in [-0.15, -0.1) is 11.8 Å². The third-order valence-electron chi connectivity index (χ3n) is 5.03. The molecular formula is C22H28N2O3S2. The van der Waals surface area contributed by atoms with Crippen LogP contribution in [0.15, 0.2) is 58.3 Å². The Kier molecular flexibility index (Phi) is 7.38. The number of amides is 1. The highest BCUT2D eigenvalue weighted by atomic mass is 32.2. The van der Waals surface area contributed by atoms with Gasteiger partial charge in [-0.25, -0.2) is 8.42 Å². The molecule has 5 nitrogen and oxygen atoms in total. The Balaban J connectivity index is 1.62. The fourth-order valence-corrected chi connectivity index (χ4v) is 5.64. The van der Waals surface area contributed by atoms with Gasteiger partial charge in [0.25, 0.3) is 0 Å². The molecule has 2 aromatic carbocycles. The Bertz CT molecular complexity index is 918. The van der Waals surface area contributed by atoms with Crippen LogP contribution in [0.4, 0.5) is 5.69 Å². The van der Waals surface area contributed by atoms with Gasteiger partial charge in [-0.05, 0) is 63.1 Å². The molecule has 0 saturated carbocycles. The summed E-state index contributed by atoms with van der Waals surface area (Å²) in [5, 5.41) is 2.61. The molecule has 1 aliphatic heterocycles. The van der Waals surface area contributed by atoms with Crippen LogP contribution in [0.25, 0.3) is 0 Å². The van der Waals surface area contributed by atoms with E-state index in [1.54, 1.807) is 28.6 Å². The molecular weight excluding hydrogens is 404 g/mol. The summed E-state index contributed by atoms with van der Waals surface area (Å²) in [6, 6.07) is 14.5. The van der Waals surface area contributed by atoms with Gasteiger partial charge < -0.3 is 5.32 Å². The van der Waals surface area contributed by atoms with Crippen LogP contribution in [0.1, 0.15) is 38.2 Å². The molecule has 1 saturated heterocycles. The first-order valence-electron chi connectivity index (χ1n) is 10.0. The van der Waals surface area contributed by atoms with Crippen LogP contribution in [-0.4, -0.2) is 37.0 Å². The zero-order valence-corrected chi connectivity index (χ0v) is 18.6. The van der Waals surface area contributed by atoms with Gasteiger partial charge in [0.05, 0.1) is 10.1 Å². The molecule has 2 aromatic rings. The highest BCUT2D eigenvalue weighted by Crippen LogP contribution is 2.25. The first-order valence-corrected chi connectivity index (χ1v) is 12.3. The molecule has 1 amide bonds. The van der Waals surface area contributed by atoms with Gasteiger partial charge in [0, 0.05) is 23.7 Å². The maximum Gasteiger partial charge on any atom is 0.243 e. The lowest BCUT2D eigenvalue weighted by molar-refractivity contribution is -0.115. The highest BCUT2D eigenvalue weighted by Gasteiger charge is 2.25. The summed E-state index contributed by atoms with van der Waals surface area (Å²) in [7, 11) is -3.47. The van der Waals surface area contributed by atoms with Gasteiger partial charge in [-0.1, -0.05) is 30.5 Å². The van der Waals surface area contributed by atoms with Gasteiger partial charge in [0.2, 0.25) is 15.9 Å². The average molecular weight is 433 g/mol. The Morgan fingerprint density at radius 3 is 2.14 bits per heavy atom. The molecule has 1 N–H and O–H groups in total. The number of carbonyl (C=O) groups is 1. The molecule has 1 aliphatic rings. The number of nitrogens with one attached hydrogen (secondary N) is 1. The molecule has 0 unspecified atom stereocenters. The summed E-state index contributed by atoms with van der Waals surface area (Å²) in [5.41, 5.74) is 1.78. The lowest BCUT2D eigenvalue weighted by atomic mass is 10.2. The summed E-state index contributed by atoms with van der Waals surface area (Å²) in [4.78, 5) is 13.8. The highest BCUT2D eigenvalue weighted by molar-refractivity contribution is 8.00. The van der Waals surface area contributed by atoms with E-state index in [0.29, 0.717) is 18.8 Å². The number of aryl methyl sites for hydroxylation is 1. The minimum Gasteiger partial charge on any atom is -0.325 e. The van der Waals surface area contributed by atoms with E-state index < -0.39 is 10.0 Å². The third-order valence-corrected chi connectivity index (χ3v) is 8.05. The minimum atomic E-state index is -3.47. The van der Waals surface area contributed by atoms with Gasteiger partial charge in [-0.2, -0.15) is 4.31 Å². The van der Waals surface area contributed by atoms with Crippen molar-refractivity contribution in [1.29, 1.82) is 0 Å². The van der Waals surface area contributed by atoms with Gasteiger partial charge in [0.1, 0.15) is 0 Å². The van der Waals surface area contributed by atoms with E-state index in [2.05, 4.69) is 5.32 Å². The van der Waals surface area contributed by atoms with E-state index in [1.165, 1.54) is 17.3 Å². The van der Waals surface area contributed by atoms with E-state index in [-0.39, 0.29) is 16.1 Å². The Labute approximate surface area is 177 Å². The fourth-order valence-electron chi connectivity index (χ4n) is 3.26. The summed E-state index contributed by atoms with van der Waals surface area (Å²) in [6.07, 6.45) is 3.97. The molecule has 29 heavy (non-hydrogen) atoms. The number of anilines is 1. The number of benzene rings is 2. The van der Waals surface area contributed by atoms with Crippen LogP contribution < -0.4 is 5.32 Å². The summed E-state index contributed by atoms with van der Waals surface area (Å²) < 4.78 is 27.3. The van der Waals surface area contributed by atoms with Crippen molar-refractivity contribution >= 4 is 33.4 Å². The molecule has 0 aromatic heterocycles.